The highest BCUT2D eigenvalue weighted by molar-refractivity contribution is 6.16. The molecule has 0 aliphatic heterocycles. The fourth-order valence-electron chi connectivity index (χ4n) is 2.55. The van der Waals surface area contributed by atoms with Crippen LogP contribution in [0.15, 0.2) is 36.5 Å². The van der Waals surface area contributed by atoms with Crippen molar-refractivity contribution in [1.82, 2.24) is 14.5 Å². The average Bonchev–Trinajstić information content (AvgIpc) is 2.83. The molecule has 0 fully saturated rings. The zero-order valence-corrected chi connectivity index (χ0v) is 12.6. The summed E-state index contributed by atoms with van der Waals surface area (Å²) < 4.78 is 15.4. The number of pyridine rings is 1. The number of aromatic nitrogens is 3. The first-order valence-corrected chi connectivity index (χ1v) is 7.28. The van der Waals surface area contributed by atoms with Crippen LogP contribution in [0.4, 0.5) is 4.39 Å². The Balaban J connectivity index is 2.18. The maximum atomic E-state index is 13.5. The predicted octanol–water partition coefficient (Wildman–Crippen LogP) is 4.23. The first-order valence-electron chi connectivity index (χ1n) is 6.75. The first kappa shape index (κ1) is 14.0. The van der Waals surface area contributed by atoms with Crippen LogP contribution in [0.1, 0.15) is 29.9 Å². The maximum absolute atomic E-state index is 13.5. The third kappa shape index (κ3) is 2.51. The summed E-state index contributed by atoms with van der Waals surface area (Å²) in [7, 11) is 0. The van der Waals surface area contributed by atoms with Crippen LogP contribution in [0, 0.1) is 12.7 Å². The second-order valence-electron chi connectivity index (χ2n) is 5.12. The van der Waals surface area contributed by atoms with Crippen molar-refractivity contribution in [2.45, 2.75) is 25.8 Å². The summed E-state index contributed by atoms with van der Waals surface area (Å²) in [6.07, 6.45) is 1.80. The molecule has 21 heavy (non-hydrogen) atoms. The highest BCUT2D eigenvalue weighted by atomic mass is 35.5. The van der Waals surface area contributed by atoms with Gasteiger partial charge in [-0.3, -0.25) is 0 Å². The van der Waals surface area contributed by atoms with Gasteiger partial charge >= 0.3 is 0 Å². The number of alkyl halides is 1. The van der Waals surface area contributed by atoms with Gasteiger partial charge in [0.15, 0.2) is 5.65 Å². The molecular formula is C16H15ClFN3. The van der Waals surface area contributed by atoms with Gasteiger partial charge in [0, 0.05) is 6.20 Å². The van der Waals surface area contributed by atoms with E-state index in [9.17, 15) is 4.39 Å². The van der Waals surface area contributed by atoms with Crippen molar-refractivity contribution in [3.05, 3.63) is 59.3 Å². The summed E-state index contributed by atoms with van der Waals surface area (Å²) >= 11 is 6.02. The van der Waals surface area contributed by atoms with E-state index in [0.29, 0.717) is 0 Å². The maximum Gasteiger partial charge on any atom is 0.160 e. The van der Waals surface area contributed by atoms with E-state index >= 15 is 0 Å². The monoisotopic (exact) mass is 303 g/mol. The molecule has 0 aliphatic rings. The van der Waals surface area contributed by atoms with Crippen LogP contribution in [0.5, 0.6) is 0 Å². The van der Waals surface area contributed by atoms with Gasteiger partial charge in [0.1, 0.15) is 17.2 Å². The Labute approximate surface area is 127 Å². The van der Waals surface area contributed by atoms with Gasteiger partial charge in [-0.1, -0.05) is 12.1 Å². The molecule has 0 radical (unpaired) electrons. The van der Waals surface area contributed by atoms with Gasteiger partial charge in [0.05, 0.1) is 11.9 Å². The van der Waals surface area contributed by atoms with E-state index in [4.69, 9.17) is 11.6 Å². The molecule has 1 atom stereocenters. The lowest BCUT2D eigenvalue weighted by molar-refractivity contribution is 0.600. The van der Waals surface area contributed by atoms with Crippen LogP contribution in [-0.2, 0) is 5.88 Å². The zero-order chi connectivity index (χ0) is 15.0. The number of fused-ring (bicyclic) bond motifs is 1. The molecule has 5 heteroatoms. The minimum absolute atomic E-state index is 0.0883. The number of rotatable bonds is 3. The van der Waals surface area contributed by atoms with Crippen LogP contribution in [0.3, 0.4) is 0 Å². The average molecular weight is 304 g/mol. The van der Waals surface area contributed by atoms with Crippen molar-refractivity contribution < 1.29 is 4.39 Å². The Morgan fingerprint density at radius 3 is 2.86 bits per heavy atom. The molecule has 3 rings (SSSR count). The van der Waals surface area contributed by atoms with E-state index in [1.165, 1.54) is 12.1 Å². The lowest BCUT2D eigenvalue weighted by Gasteiger charge is -2.17. The molecule has 3 nitrogen and oxygen atoms in total. The smallest absolute Gasteiger partial charge is 0.160 e. The Hall–Kier alpha value is -1.94. The molecule has 0 saturated carbocycles. The van der Waals surface area contributed by atoms with Crippen LogP contribution < -0.4 is 0 Å². The molecule has 108 valence electrons. The second-order valence-corrected chi connectivity index (χ2v) is 5.39. The Bertz CT molecular complexity index is 797. The van der Waals surface area contributed by atoms with E-state index in [1.54, 1.807) is 12.3 Å². The van der Waals surface area contributed by atoms with Crippen LogP contribution in [0.2, 0.25) is 0 Å². The normalized spacial score (nSPS) is 12.8. The van der Waals surface area contributed by atoms with Gasteiger partial charge < -0.3 is 4.57 Å². The predicted molar refractivity (Wildman–Crippen MR) is 82.0 cm³/mol. The molecule has 0 N–H and O–H groups in total. The van der Waals surface area contributed by atoms with Gasteiger partial charge in [0.2, 0.25) is 0 Å². The first-order chi connectivity index (χ1) is 10.1. The number of hydrogen-bond donors (Lipinski definition) is 0. The van der Waals surface area contributed by atoms with Gasteiger partial charge in [-0.05, 0) is 43.2 Å². The lowest BCUT2D eigenvalue weighted by Crippen LogP contribution is -2.10. The van der Waals surface area contributed by atoms with Crippen molar-refractivity contribution >= 4 is 22.8 Å². The second kappa shape index (κ2) is 5.45. The van der Waals surface area contributed by atoms with Gasteiger partial charge in [0.25, 0.3) is 0 Å². The summed E-state index contributed by atoms with van der Waals surface area (Å²) in [4.78, 5) is 9.00. The number of hydrogen-bond acceptors (Lipinski definition) is 2. The van der Waals surface area contributed by atoms with Crippen LogP contribution >= 0.6 is 11.6 Å². The SMILES string of the molecule is Cc1cnc2c(c1)nc(CCl)n2C(C)c1cccc(F)c1. The molecule has 3 aromatic rings. The molecule has 1 unspecified atom stereocenters. The summed E-state index contributed by atoms with van der Waals surface area (Å²) in [5.41, 5.74) is 3.50. The molecule has 1 aromatic carbocycles. The van der Waals surface area contributed by atoms with Crippen molar-refractivity contribution in [2.24, 2.45) is 0 Å². The lowest BCUT2D eigenvalue weighted by atomic mass is 10.1. The van der Waals surface area contributed by atoms with E-state index in [2.05, 4.69) is 9.97 Å². The van der Waals surface area contributed by atoms with Crippen LogP contribution in [-0.4, -0.2) is 14.5 Å². The number of halogens is 2. The largest absolute Gasteiger partial charge is 0.304 e. The molecule has 0 aliphatic carbocycles. The number of benzene rings is 1. The summed E-state index contributed by atoms with van der Waals surface area (Å²) in [6, 6.07) is 8.46. The number of imidazole rings is 1. The van der Waals surface area contributed by atoms with E-state index in [-0.39, 0.29) is 17.7 Å². The standard InChI is InChI=1S/C16H15ClFN3/c1-10-6-14-16(19-9-10)21(15(8-17)20-14)11(2)12-4-3-5-13(18)7-12/h3-7,9,11H,8H2,1-2H3. The molecule has 0 amide bonds. The van der Waals surface area contributed by atoms with Crippen LogP contribution in [0.25, 0.3) is 11.2 Å². The van der Waals surface area contributed by atoms with Crippen molar-refractivity contribution in [3.8, 4) is 0 Å². The van der Waals surface area contributed by atoms with Gasteiger partial charge in [-0.2, -0.15) is 0 Å². The third-order valence-electron chi connectivity index (χ3n) is 3.58. The number of nitrogens with zero attached hydrogens (tertiary/aromatic N) is 3. The molecule has 0 saturated heterocycles. The Morgan fingerprint density at radius 2 is 2.14 bits per heavy atom. The fourth-order valence-corrected chi connectivity index (χ4v) is 2.73. The Morgan fingerprint density at radius 1 is 1.33 bits per heavy atom. The topological polar surface area (TPSA) is 30.7 Å². The quantitative estimate of drug-likeness (QED) is 0.678. The van der Waals surface area contributed by atoms with E-state index < -0.39 is 0 Å². The fraction of sp³-hybridized carbons (Fsp3) is 0.250. The zero-order valence-electron chi connectivity index (χ0n) is 11.8. The minimum atomic E-state index is -0.250. The molecule has 2 heterocycles. The van der Waals surface area contributed by atoms with Crippen molar-refractivity contribution in [1.29, 1.82) is 0 Å². The molecule has 0 spiro atoms. The van der Waals surface area contributed by atoms with E-state index in [0.717, 1.165) is 28.1 Å². The minimum Gasteiger partial charge on any atom is -0.304 e. The highest BCUT2D eigenvalue weighted by Crippen LogP contribution is 2.26. The van der Waals surface area contributed by atoms with Crippen molar-refractivity contribution in [2.75, 3.05) is 0 Å². The summed E-state index contributed by atoms with van der Waals surface area (Å²) in [5.74, 6) is 0.774. The van der Waals surface area contributed by atoms with Crippen molar-refractivity contribution in [3.63, 3.8) is 0 Å². The highest BCUT2D eigenvalue weighted by Gasteiger charge is 2.18. The molecule has 0 bridgehead atoms. The molecular weight excluding hydrogens is 289 g/mol. The summed E-state index contributed by atoms with van der Waals surface area (Å²) in [6.45, 7) is 3.97. The molecule has 2 aromatic heterocycles. The summed E-state index contributed by atoms with van der Waals surface area (Å²) in [5, 5.41) is 0. The van der Waals surface area contributed by atoms with Gasteiger partial charge in [-0.25, -0.2) is 14.4 Å². The number of aryl methyl sites for hydroxylation is 1. The van der Waals surface area contributed by atoms with Gasteiger partial charge in [-0.15, -0.1) is 11.6 Å². The Kier molecular flexibility index (Phi) is 3.64. The van der Waals surface area contributed by atoms with E-state index in [1.807, 2.05) is 30.5 Å². The third-order valence-corrected chi connectivity index (χ3v) is 3.82.